The molecule has 1 aliphatic carbocycles. The Kier molecular flexibility index (Phi) is 3.59. The van der Waals surface area contributed by atoms with Gasteiger partial charge in [-0.15, -0.1) is 0 Å². The van der Waals surface area contributed by atoms with Crippen molar-refractivity contribution in [2.24, 2.45) is 10.7 Å². The molecule has 0 amide bonds. The highest BCUT2D eigenvalue weighted by Gasteiger charge is 2.45. The molecule has 2 aliphatic rings. The Bertz CT molecular complexity index is 552. The highest BCUT2D eigenvalue weighted by molar-refractivity contribution is 6.42. The van der Waals surface area contributed by atoms with Gasteiger partial charge >= 0.3 is 0 Å². The Morgan fingerprint density at radius 3 is 2.70 bits per heavy atom. The first-order chi connectivity index (χ1) is 9.54. The second-order valence-corrected chi connectivity index (χ2v) is 6.64. The van der Waals surface area contributed by atoms with Gasteiger partial charge in [-0.25, -0.2) is 0 Å². The molecule has 1 aliphatic heterocycles. The fourth-order valence-corrected chi connectivity index (χ4v) is 4.03. The van der Waals surface area contributed by atoms with Crippen LogP contribution in [0.4, 0.5) is 0 Å². The van der Waals surface area contributed by atoms with Gasteiger partial charge in [-0.3, -0.25) is 4.99 Å². The summed E-state index contributed by atoms with van der Waals surface area (Å²) in [6.07, 6.45) is 4.86. The van der Waals surface area contributed by atoms with E-state index in [1.807, 2.05) is 18.2 Å². The molecule has 1 atom stereocenters. The van der Waals surface area contributed by atoms with Gasteiger partial charge in [0.25, 0.3) is 0 Å². The van der Waals surface area contributed by atoms with E-state index in [1.165, 1.54) is 25.7 Å². The largest absolute Gasteiger partial charge is 0.370 e. The molecule has 108 valence electrons. The molecule has 0 radical (unpaired) electrons. The van der Waals surface area contributed by atoms with Crippen molar-refractivity contribution in [2.45, 2.75) is 44.2 Å². The standard InChI is InChI=1S/C15H19Cl2N3/c1-15(11-7-4-8-12(16)13(11)17)9-19-14(18)20(15)10-5-2-3-6-10/h4,7-8,10H,2-3,5-6,9H2,1H3,(H2,18,19). The number of benzene rings is 1. The van der Waals surface area contributed by atoms with Crippen LogP contribution < -0.4 is 5.73 Å². The summed E-state index contributed by atoms with van der Waals surface area (Å²) in [5.41, 5.74) is 6.89. The van der Waals surface area contributed by atoms with Crippen molar-refractivity contribution < 1.29 is 0 Å². The Morgan fingerprint density at radius 2 is 2.00 bits per heavy atom. The van der Waals surface area contributed by atoms with Crippen molar-refractivity contribution in [1.29, 1.82) is 0 Å². The number of guanidine groups is 1. The van der Waals surface area contributed by atoms with Crippen molar-refractivity contribution in [3.63, 3.8) is 0 Å². The third-order valence-corrected chi connectivity index (χ3v) is 5.37. The quantitative estimate of drug-likeness (QED) is 0.903. The molecule has 2 N–H and O–H groups in total. The second-order valence-electron chi connectivity index (χ2n) is 5.86. The van der Waals surface area contributed by atoms with Gasteiger partial charge in [-0.2, -0.15) is 0 Å². The zero-order valence-electron chi connectivity index (χ0n) is 11.6. The lowest BCUT2D eigenvalue weighted by Gasteiger charge is -2.41. The van der Waals surface area contributed by atoms with Gasteiger partial charge in [0.2, 0.25) is 0 Å². The summed E-state index contributed by atoms with van der Waals surface area (Å²) in [6.45, 7) is 2.79. The minimum Gasteiger partial charge on any atom is -0.370 e. The Morgan fingerprint density at radius 1 is 1.30 bits per heavy atom. The maximum atomic E-state index is 6.43. The molecule has 5 heteroatoms. The fraction of sp³-hybridized carbons (Fsp3) is 0.533. The number of aliphatic imine (C=N–C) groups is 1. The zero-order chi connectivity index (χ0) is 14.3. The summed E-state index contributed by atoms with van der Waals surface area (Å²) in [4.78, 5) is 6.74. The van der Waals surface area contributed by atoms with E-state index in [9.17, 15) is 0 Å². The number of halogens is 2. The van der Waals surface area contributed by atoms with Crippen LogP contribution in [0, 0.1) is 0 Å². The molecule has 20 heavy (non-hydrogen) atoms. The molecule has 0 spiro atoms. The number of hydrogen-bond acceptors (Lipinski definition) is 3. The topological polar surface area (TPSA) is 41.6 Å². The summed E-state index contributed by atoms with van der Waals surface area (Å²) < 4.78 is 0. The Labute approximate surface area is 129 Å². The molecule has 0 saturated heterocycles. The molecule has 1 heterocycles. The molecule has 1 unspecified atom stereocenters. The van der Waals surface area contributed by atoms with Crippen LogP contribution in [0.3, 0.4) is 0 Å². The molecule has 1 aromatic rings. The van der Waals surface area contributed by atoms with Crippen molar-refractivity contribution >= 4 is 29.2 Å². The van der Waals surface area contributed by atoms with Crippen LogP contribution in [0.1, 0.15) is 38.2 Å². The highest BCUT2D eigenvalue weighted by Crippen LogP contribution is 2.42. The van der Waals surface area contributed by atoms with Gasteiger partial charge in [-0.05, 0) is 31.4 Å². The predicted molar refractivity (Wildman–Crippen MR) is 84.4 cm³/mol. The second kappa shape index (κ2) is 5.12. The Balaban J connectivity index is 2.03. The average molecular weight is 312 g/mol. The monoisotopic (exact) mass is 311 g/mol. The number of hydrogen-bond donors (Lipinski definition) is 1. The first-order valence-corrected chi connectivity index (χ1v) is 7.83. The molecule has 1 fully saturated rings. The predicted octanol–water partition coefficient (Wildman–Crippen LogP) is 3.78. The molecular formula is C15H19Cl2N3. The molecular weight excluding hydrogens is 293 g/mol. The summed E-state index contributed by atoms with van der Waals surface area (Å²) >= 11 is 12.6. The van der Waals surface area contributed by atoms with E-state index < -0.39 is 0 Å². The maximum Gasteiger partial charge on any atom is 0.192 e. The smallest absolute Gasteiger partial charge is 0.192 e. The Hall–Kier alpha value is -0.930. The van der Waals surface area contributed by atoms with Gasteiger partial charge in [-0.1, -0.05) is 48.2 Å². The van der Waals surface area contributed by atoms with Gasteiger partial charge in [0.05, 0.1) is 22.1 Å². The van der Waals surface area contributed by atoms with Crippen molar-refractivity contribution in [2.75, 3.05) is 6.54 Å². The lowest BCUT2D eigenvalue weighted by molar-refractivity contribution is 0.167. The van der Waals surface area contributed by atoms with Crippen molar-refractivity contribution in [1.82, 2.24) is 4.90 Å². The summed E-state index contributed by atoms with van der Waals surface area (Å²) in [7, 11) is 0. The van der Waals surface area contributed by atoms with E-state index in [4.69, 9.17) is 28.9 Å². The fourth-order valence-electron chi connectivity index (χ4n) is 3.53. The highest BCUT2D eigenvalue weighted by atomic mass is 35.5. The van der Waals surface area contributed by atoms with Crippen LogP contribution in [0.15, 0.2) is 23.2 Å². The summed E-state index contributed by atoms with van der Waals surface area (Å²) in [5.74, 6) is 0.635. The van der Waals surface area contributed by atoms with E-state index in [0.717, 1.165) is 5.56 Å². The summed E-state index contributed by atoms with van der Waals surface area (Å²) in [6, 6.07) is 6.25. The van der Waals surface area contributed by atoms with E-state index in [1.54, 1.807) is 0 Å². The van der Waals surface area contributed by atoms with Crippen molar-refractivity contribution in [3.8, 4) is 0 Å². The minimum atomic E-state index is -0.291. The molecule has 0 aromatic heterocycles. The lowest BCUT2D eigenvalue weighted by Crippen LogP contribution is -2.52. The lowest BCUT2D eigenvalue weighted by atomic mass is 9.89. The maximum absolute atomic E-state index is 6.43. The molecule has 1 saturated carbocycles. The molecule has 3 nitrogen and oxygen atoms in total. The molecule has 3 rings (SSSR count). The van der Waals surface area contributed by atoms with E-state index in [0.29, 0.717) is 28.6 Å². The van der Waals surface area contributed by atoms with Crippen LogP contribution in [-0.2, 0) is 5.54 Å². The normalized spacial score (nSPS) is 27.1. The first kappa shape index (κ1) is 14.0. The number of nitrogens with two attached hydrogens (primary N) is 1. The van der Waals surface area contributed by atoms with Crippen molar-refractivity contribution in [3.05, 3.63) is 33.8 Å². The SMILES string of the molecule is CC1(c2cccc(Cl)c2Cl)CN=C(N)N1C1CCCC1. The minimum absolute atomic E-state index is 0.291. The zero-order valence-corrected chi connectivity index (χ0v) is 13.1. The van der Waals surface area contributed by atoms with Crippen LogP contribution in [0.5, 0.6) is 0 Å². The summed E-state index contributed by atoms with van der Waals surface area (Å²) in [5, 5.41) is 1.20. The first-order valence-electron chi connectivity index (χ1n) is 7.08. The molecule has 0 bridgehead atoms. The van der Waals surface area contributed by atoms with Crippen LogP contribution >= 0.6 is 23.2 Å². The van der Waals surface area contributed by atoms with E-state index >= 15 is 0 Å². The average Bonchev–Trinajstić information content (AvgIpc) is 3.02. The van der Waals surface area contributed by atoms with Gasteiger partial charge in [0, 0.05) is 6.04 Å². The van der Waals surface area contributed by atoms with Crippen LogP contribution in [0.2, 0.25) is 10.0 Å². The van der Waals surface area contributed by atoms with E-state index in [2.05, 4.69) is 16.8 Å². The third kappa shape index (κ3) is 2.08. The molecule has 1 aromatic carbocycles. The van der Waals surface area contributed by atoms with Crippen LogP contribution in [0.25, 0.3) is 0 Å². The van der Waals surface area contributed by atoms with Gasteiger partial charge < -0.3 is 10.6 Å². The van der Waals surface area contributed by atoms with Crippen LogP contribution in [-0.4, -0.2) is 23.4 Å². The third-order valence-electron chi connectivity index (χ3n) is 4.55. The van der Waals surface area contributed by atoms with Gasteiger partial charge in [0.15, 0.2) is 5.96 Å². The van der Waals surface area contributed by atoms with E-state index in [-0.39, 0.29) is 5.54 Å². The van der Waals surface area contributed by atoms with Gasteiger partial charge in [0.1, 0.15) is 0 Å². The number of rotatable bonds is 2. The number of nitrogens with zero attached hydrogens (tertiary/aromatic N) is 2.